The van der Waals surface area contributed by atoms with Crippen LogP contribution in [-0.2, 0) is 11.2 Å². The minimum absolute atomic E-state index is 0.0908. The summed E-state index contributed by atoms with van der Waals surface area (Å²) in [4.78, 5) is 14.6. The number of nitrogens with zero attached hydrogens (tertiary/aromatic N) is 1. The average Bonchev–Trinajstić information content (AvgIpc) is 2.66. The van der Waals surface area contributed by atoms with Gasteiger partial charge in [-0.2, -0.15) is 0 Å². The number of carbonyl (C=O) groups excluding carboxylic acids is 1. The van der Waals surface area contributed by atoms with E-state index in [9.17, 15) is 4.79 Å². The van der Waals surface area contributed by atoms with Gasteiger partial charge in [-0.05, 0) is 54.8 Å². The summed E-state index contributed by atoms with van der Waals surface area (Å²) in [6.45, 7) is 3.17. The second-order valence-electron chi connectivity index (χ2n) is 6.48. The van der Waals surface area contributed by atoms with E-state index in [0.29, 0.717) is 21.5 Å². The highest BCUT2D eigenvalue weighted by molar-refractivity contribution is 6.42. The normalized spacial score (nSPS) is 16.6. The number of fused-ring (bicyclic) bond motifs is 1. The molecule has 1 amide bonds. The molecule has 0 fully saturated rings. The summed E-state index contributed by atoms with van der Waals surface area (Å²) < 4.78 is 10.8. The van der Waals surface area contributed by atoms with Crippen LogP contribution >= 0.6 is 23.2 Å². The minimum atomic E-state index is -0.0934. The van der Waals surface area contributed by atoms with Gasteiger partial charge in [0.15, 0.2) is 11.5 Å². The van der Waals surface area contributed by atoms with Crippen molar-refractivity contribution in [1.82, 2.24) is 4.90 Å². The number of hydrogen-bond donors (Lipinski definition) is 1. The van der Waals surface area contributed by atoms with E-state index in [1.54, 1.807) is 32.4 Å². The van der Waals surface area contributed by atoms with Crippen LogP contribution in [-0.4, -0.2) is 38.1 Å². The fourth-order valence-corrected chi connectivity index (χ4v) is 3.67. The van der Waals surface area contributed by atoms with Gasteiger partial charge in [-0.15, -0.1) is 0 Å². The molecule has 2 aromatic rings. The maximum atomic E-state index is 12.5. The molecular weight excluding hydrogens is 387 g/mol. The Morgan fingerprint density at radius 1 is 1.15 bits per heavy atom. The molecule has 0 radical (unpaired) electrons. The molecule has 5 nitrogen and oxygen atoms in total. The van der Waals surface area contributed by atoms with Crippen molar-refractivity contribution in [2.45, 2.75) is 19.4 Å². The van der Waals surface area contributed by atoms with Crippen LogP contribution in [0.2, 0.25) is 10.0 Å². The number of nitrogens with one attached hydrogen (secondary N) is 1. The predicted molar refractivity (Wildman–Crippen MR) is 108 cm³/mol. The molecule has 1 N–H and O–H groups in total. The van der Waals surface area contributed by atoms with Gasteiger partial charge in [0, 0.05) is 18.3 Å². The average molecular weight is 409 g/mol. The van der Waals surface area contributed by atoms with Gasteiger partial charge >= 0.3 is 0 Å². The first-order valence-electron chi connectivity index (χ1n) is 8.66. The number of hydrogen-bond acceptors (Lipinski definition) is 4. The Hall–Kier alpha value is -1.95. The molecule has 0 spiro atoms. The smallest absolute Gasteiger partial charge is 0.238 e. The SMILES string of the molecule is COc1cc2c(cc1OC)[C@@H](C)N(CC(=O)Nc1ccc(Cl)c(Cl)c1)CC2. The molecule has 1 atom stereocenters. The lowest BCUT2D eigenvalue weighted by Crippen LogP contribution is -2.39. The minimum Gasteiger partial charge on any atom is -0.493 e. The van der Waals surface area contributed by atoms with Crippen LogP contribution in [0.4, 0.5) is 5.69 Å². The van der Waals surface area contributed by atoms with E-state index in [2.05, 4.69) is 17.1 Å². The number of carbonyl (C=O) groups is 1. The zero-order valence-electron chi connectivity index (χ0n) is 15.5. The Bertz CT molecular complexity index is 857. The summed E-state index contributed by atoms with van der Waals surface area (Å²) in [7, 11) is 3.26. The number of halogens is 2. The van der Waals surface area contributed by atoms with E-state index >= 15 is 0 Å². The van der Waals surface area contributed by atoms with Crippen molar-refractivity contribution in [2.75, 3.05) is 32.6 Å². The third-order valence-corrected chi connectivity index (χ3v) is 5.60. The van der Waals surface area contributed by atoms with E-state index in [-0.39, 0.29) is 18.5 Å². The molecule has 7 heteroatoms. The van der Waals surface area contributed by atoms with Gasteiger partial charge in [0.25, 0.3) is 0 Å². The van der Waals surface area contributed by atoms with Crippen LogP contribution in [0, 0.1) is 0 Å². The standard InChI is InChI=1S/C20H22Cl2N2O3/c1-12-15-10-19(27-3)18(26-2)8-13(15)6-7-24(12)11-20(25)23-14-4-5-16(21)17(22)9-14/h4-5,8-10,12H,6-7,11H2,1-3H3,(H,23,25)/t12-/m1/s1. The van der Waals surface area contributed by atoms with Crippen molar-refractivity contribution in [3.8, 4) is 11.5 Å². The van der Waals surface area contributed by atoms with E-state index in [1.165, 1.54) is 5.56 Å². The van der Waals surface area contributed by atoms with Crippen molar-refractivity contribution in [1.29, 1.82) is 0 Å². The highest BCUT2D eigenvalue weighted by Crippen LogP contribution is 2.37. The van der Waals surface area contributed by atoms with Crippen LogP contribution in [0.25, 0.3) is 0 Å². The Morgan fingerprint density at radius 3 is 2.52 bits per heavy atom. The molecule has 0 saturated carbocycles. The Labute approximate surface area is 169 Å². The molecule has 3 rings (SSSR count). The number of anilines is 1. The van der Waals surface area contributed by atoms with Gasteiger partial charge in [0.1, 0.15) is 0 Å². The second kappa shape index (κ2) is 8.38. The first-order valence-corrected chi connectivity index (χ1v) is 9.42. The maximum absolute atomic E-state index is 12.5. The van der Waals surface area contributed by atoms with Crippen molar-refractivity contribution in [2.24, 2.45) is 0 Å². The number of amides is 1. The zero-order valence-corrected chi connectivity index (χ0v) is 17.0. The van der Waals surface area contributed by atoms with Gasteiger partial charge < -0.3 is 14.8 Å². The third kappa shape index (κ3) is 4.32. The maximum Gasteiger partial charge on any atom is 0.238 e. The summed E-state index contributed by atoms with van der Waals surface area (Å²) >= 11 is 11.9. The molecule has 0 unspecified atom stereocenters. The molecule has 1 heterocycles. The molecule has 144 valence electrons. The lowest BCUT2D eigenvalue weighted by atomic mass is 9.93. The summed E-state index contributed by atoms with van der Waals surface area (Å²) in [5.41, 5.74) is 3.01. The molecular formula is C20H22Cl2N2O3. The quantitative estimate of drug-likeness (QED) is 0.786. The lowest BCUT2D eigenvalue weighted by Gasteiger charge is -2.35. The summed E-state index contributed by atoms with van der Waals surface area (Å²) in [5, 5.41) is 3.75. The molecule has 27 heavy (non-hydrogen) atoms. The topological polar surface area (TPSA) is 50.8 Å². The Balaban J connectivity index is 1.71. The molecule has 2 aromatic carbocycles. The van der Waals surface area contributed by atoms with Crippen molar-refractivity contribution >= 4 is 34.8 Å². The second-order valence-corrected chi connectivity index (χ2v) is 7.29. The monoisotopic (exact) mass is 408 g/mol. The number of rotatable bonds is 5. The summed E-state index contributed by atoms with van der Waals surface area (Å²) in [6, 6.07) is 9.16. The van der Waals surface area contributed by atoms with E-state index in [0.717, 1.165) is 24.3 Å². The van der Waals surface area contributed by atoms with Crippen LogP contribution in [0.3, 0.4) is 0 Å². The van der Waals surface area contributed by atoms with E-state index in [4.69, 9.17) is 32.7 Å². The predicted octanol–water partition coefficient (Wildman–Crippen LogP) is 4.57. The molecule has 0 aliphatic carbocycles. The first kappa shape index (κ1) is 19.8. The fourth-order valence-electron chi connectivity index (χ4n) is 3.37. The van der Waals surface area contributed by atoms with Crippen LogP contribution in [0.15, 0.2) is 30.3 Å². The summed E-state index contributed by atoms with van der Waals surface area (Å²) in [6.07, 6.45) is 0.847. The lowest BCUT2D eigenvalue weighted by molar-refractivity contribution is -0.117. The molecule has 1 aliphatic heterocycles. The summed E-state index contributed by atoms with van der Waals surface area (Å²) in [5.74, 6) is 1.34. The largest absolute Gasteiger partial charge is 0.493 e. The number of ether oxygens (including phenoxy) is 2. The Kier molecular flexibility index (Phi) is 6.15. The van der Waals surface area contributed by atoms with E-state index in [1.807, 2.05) is 12.1 Å². The molecule has 0 aromatic heterocycles. The Morgan fingerprint density at radius 2 is 1.85 bits per heavy atom. The van der Waals surface area contributed by atoms with Gasteiger partial charge in [0.05, 0.1) is 30.8 Å². The number of methoxy groups -OCH3 is 2. The van der Waals surface area contributed by atoms with Crippen LogP contribution < -0.4 is 14.8 Å². The zero-order chi connectivity index (χ0) is 19.6. The highest BCUT2D eigenvalue weighted by Gasteiger charge is 2.27. The van der Waals surface area contributed by atoms with E-state index < -0.39 is 0 Å². The molecule has 1 aliphatic rings. The van der Waals surface area contributed by atoms with Gasteiger partial charge in [-0.1, -0.05) is 23.2 Å². The molecule has 0 saturated heterocycles. The number of benzene rings is 2. The third-order valence-electron chi connectivity index (χ3n) is 4.86. The van der Waals surface area contributed by atoms with Crippen LogP contribution in [0.5, 0.6) is 11.5 Å². The van der Waals surface area contributed by atoms with Gasteiger partial charge in [-0.25, -0.2) is 0 Å². The molecule has 0 bridgehead atoms. The van der Waals surface area contributed by atoms with Crippen molar-refractivity contribution in [3.63, 3.8) is 0 Å². The van der Waals surface area contributed by atoms with Crippen molar-refractivity contribution in [3.05, 3.63) is 51.5 Å². The van der Waals surface area contributed by atoms with Gasteiger partial charge in [-0.3, -0.25) is 9.69 Å². The van der Waals surface area contributed by atoms with Crippen molar-refractivity contribution < 1.29 is 14.3 Å². The highest BCUT2D eigenvalue weighted by atomic mass is 35.5. The fraction of sp³-hybridized carbons (Fsp3) is 0.350. The van der Waals surface area contributed by atoms with Crippen LogP contribution in [0.1, 0.15) is 24.1 Å². The van der Waals surface area contributed by atoms with Gasteiger partial charge in [0.2, 0.25) is 5.91 Å². The first-order chi connectivity index (χ1) is 12.9.